The molecule has 0 bridgehead atoms. The maximum Gasteiger partial charge on any atom is 0.0992 e. The van der Waals surface area contributed by atoms with Gasteiger partial charge in [0.05, 0.1) is 17.3 Å². The highest BCUT2D eigenvalue weighted by Gasteiger charge is 2.23. The maximum atomic E-state index is 8.86. The summed E-state index contributed by atoms with van der Waals surface area (Å²) in [4.78, 5) is 4.74. The maximum absolute atomic E-state index is 8.86. The van der Waals surface area contributed by atoms with Crippen molar-refractivity contribution in [2.75, 3.05) is 31.6 Å². The van der Waals surface area contributed by atoms with Gasteiger partial charge in [0.1, 0.15) is 0 Å². The van der Waals surface area contributed by atoms with Gasteiger partial charge in [-0.15, -0.1) is 0 Å². The summed E-state index contributed by atoms with van der Waals surface area (Å²) in [6.07, 6.45) is 0. The lowest BCUT2D eigenvalue weighted by atomic mass is 10.1. The number of benzene rings is 1. The second-order valence-electron chi connectivity index (χ2n) is 4.58. The minimum atomic E-state index is 0.498. The lowest BCUT2D eigenvalue weighted by Crippen LogP contribution is -2.50. The number of nitriles is 1. The Bertz CT molecular complexity index is 452. The third-order valence-corrected chi connectivity index (χ3v) is 3.85. The van der Waals surface area contributed by atoms with Crippen LogP contribution in [-0.4, -0.2) is 37.6 Å². The van der Waals surface area contributed by atoms with Gasteiger partial charge in [0.15, 0.2) is 0 Å². The molecule has 1 atom stereocenters. The number of hydrogen-bond donors (Lipinski definition) is 0. The first-order valence-corrected chi connectivity index (χ1v) is 6.56. The summed E-state index contributed by atoms with van der Waals surface area (Å²) < 4.78 is 1.01. The monoisotopic (exact) mass is 293 g/mol. The predicted octanol–water partition coefficient (Wildman–Crippen LogP) is 2.46. The van der Waals surface area contributed by atoms with Gasteiger partial charge in [-0.05, 0) is 48.1 Å². The standard InChI is InChI=1S/C13H16BrN3/c1-10-9-16(2)5-6-17(10)13-4-3-11(8-15)7-12(13)14/h3-4,7,10H,5-6,9H2,1-2H3. The minimum absolute atomic E-state index is 0.498. The van der Waals surface area contributed by atoms with E-state index in [4.69, 9.17) is 5.26 Å². The smallest absolute Gasteiger partial charge is 0.0992 e. The summed E-state index contributed by atoms with van der Waals surface area (Å²) in [6, 6.07) is 8.46. The summed E-state index contributed by atoms with van der Waals surface area (Å²) in [5.74, 6) is 0. The van der Waals surface area contributed by atoms with Crippen LogP contribution in [0.25, 0.3) is 0 Å². The van der Waals surface area contributed by atoms with Crippen molar-refractivity contribution < 1.29 is 0 Å². The van der Waals surface area contributed by atoms with E-state index in [1.807, 2.05) is 18.2 Å². The molecule has 0 spiro atoms. The van der Waals surface area contributed by atoms with Gasteiger partial charge in [-0.2, -0.15) is 5.26 Å². The average Bonchev–Trinajstić information content (AvgIpc) is 2.30. The van der Waals surface area contributed by atoms with Crippen LogP contribution in [0.5, 0.6) is 0 Å². The largest absolute Gasteiger partial charge is 0.365 e. The van der Waals surface area contributed by atoms with E-state index in [2.05, 4.69) is 45.8 Å². The van der Waals surface area contributed by atoms with Crippen molar-refractivity contribution in [3.63, 3.8) is 0 Å². The van der Waals surface area contributed by atoms with Crippen molar-refractivity contribution in [2.24, 2.45) is 0 Å². The number of hydrogen-bond acceptors (Lipinski definition) is 3. The SMILES string of the molecule is CC1CN(C)CCN1c1ccc(C#N)cc1Br. The number of rotatable bonds is 1. The molecule has 1 unspecified atom stereocenters. The molecule has 0 aliphatic carbocycles. The van der Waals surface area contributed by atoms with E-state index in [0.29, 0.717) is 11.6 Å². The highest BCUT2D eigenvalue weighted by molar-refractivity contribution is 9.10. The molecule has 2 rings (SSSR count). The Morgan fingerprint density at radius 2 is 2.18 bits per heavy atom. The van der Waals surface area contributed by atoms with Crippen LogP contribution in [0, 0.1) is 11.3 Å². The zero-order valence-electron chi connectivity index (χ0n) is 10.2. The first-order valence-electron chi connectivity index (χ1n) is 5.76. The Kier molecular flexibility index (Phi) is 3.70. The Balaban J connectivity index is 2.25. The zero-order chi connectivity index (χ0) is 12.4. The quantitative estimate of drug-likeness (QED) is 0.797. The van der Waals surface area contributed by atoms with Crippen LogP contribution in [-0.2, 0) is 0 Å². The average molecular weight is 294 g/mol. The molecule has 17 heavy (non-hydrogen) atoms. The number of likely N-dealkylation sites (N-methyl/N-ethyl adjacent to an activating group) is 1. The lowest BCUT2D eigenvalue weighted by molar-refractivity contribution is 0.275. The van der Waals surface area contributed by atoms with Crippen molar-refractivity contribution in [1.29, 1.82) is 5.26 Å². The molecule has 1 fully saturated rings. The van der Waals surface area contributed by atoms with Gasteiger partial charge in [-0.3, -0.25) is 0 Å². The third kappa shape index (κ3) is 2.62. The molecule has 1 aromatic rings. The lowest BCUT2D eigenvalue weighted by Gasteiger charge is -2.40. The van der Waals surface area contributed by atoms with Crippen molar-refractivity contribution in [3.8, 4) is 6.07 Å². The minimum Gasteiger partial charge on any atom is -0.365 e. The topological polar surface area (TPSA) is 30.3 Å². The fourth-order valence-electron chi connectivity index (χ4n) is 2.31. The van der Waals surface area contributed by atoms with Crippen molar-refractivity contribution in [3.05, 3.63) is 28.2 Å². The van der Waals surface area contributed by atoms with Crippen LogP contribution >= 0.6 is 15.9 Å². The molecule has 0 radical (unpaired) electrons. The van der Waals surface area contributed by atoms with Gasteiger partial charge >= 0.3 is 0 Å². The van der Waals surface area contributed by atoms with Gasteiger partial charge in [0, 0.05) is 30.1 Å². The van der Waals surface area contributed by atoms with E-state index >= 15 is 0 Å². The third-order valence-electron chi connectivity index (χ3n) is 3.22. The Morgan fingerprint density at radius 3 is 2.76 bits per heavy atom. The summed E-state index contributed by atoms with van der Waals surface area (Å²) in [7, 11) is 2.15. The van der Waals surface area contributed by atoms with Crippen LogP contribution < -0.4 is 4.90 Å². The highest BCUT2D eigenvalue weighted by atomic mass is 79.9. The van der Waals surface area contributed by atoms with Gasteiger partial charge in [-0.25, -0.2) is 0 Å². The van der Waals surface area contributed by atoms with Crippen LogP contribution in [0.1, 0.15) is 12.5 Å². The molecule has 1 aliphatic rings. The molecule has 4 heteroatoms. The summed E-state index contributed by atoms with van der Waals surface area (Å²) in [5.41, 5.74) is 1.88. The second kappa shape index (κ2) is 5.07. The van der Waals surface area contributed by atoms with Crippen molar-refractivity contribution in [1.82, 2.24) is 4.90 Å². The fourth-order valence-corrected chi connectivity index (χ4v) is 2.91. The van der Waals surface area contributed by atoms with Crippen LogP contribution in [0.3, 0.4) is 0 Å². The van der Waals surface area contributed by atoms with E-state index in [-0.39, 0.29) is 0 Å². The summed E-state index contributed by atoms with van der Waals surface area (Å²) >= 11 is 3.56. The number of halogens is 1. The molecule has 90 valence electrons. The van der Waals surface area contributed by atoms with Gasteiger partial charge < -0.3 is 9.80 Å². The molecule has 1 heterocycles. The molecule has 0 N–H and O–H groups in total. The van der Waals surface area contributed by atoms with Crippen LogP contribution in [0.4, 0.5) is 5.69 Å². The van der Waals surface area contributed by atoms with Gasteiger partial charge in [0.25, 0.3) is 0 Å². The zero-order valence-corrected chi connectivity index (χ0v) is 11.7. The first-order chi connectivity index (χ1) is 8.11. The molecular formula is C13H16BrN3. The Labute approximate surface area is 111 Å². The molecule has 1 aromatic carbocycles. The molecular weight excluding hydrogens is 278 g/mol. The number of anilines is 1. The predicted molar refractivity (Wildman–Crippen MR) is 73.2 cm³/mol. The Morgan fingerprint density at radius 1 is 1.41 bits per heavy atom. The van der Waals surface area contributed by atoms with Gasteiger partial charge in [0.2, 0.25) is 0 Å². The first kappa shape index (κ1) is 12.4. The highest BCUT2D eigenvalue weighted by Crippen LogP contribution is 2.29. The van der Waals surface area contributed by atoms with Crippen molar-refractivity contribution >= 4 is 21.6 Å². The van der Waals surface area contributed by atoms with Gasteiger partial charge in [-0.1, -0.05) is 0 Å². The van der Waals surface area contributed by atoms with E-state index in [1.165, 1.54) is 5.69 Å². The second-order valence-corrected chi connectivity index (χ2v) is 5.44. The van der Waals surface area contributed by atoms with E-state index < -0.39 is 0 Å². The van der Waals surface area contributed by atoms with Crippen molar-refractivity contribution in [2.45, 2.75) is 13.0 Å². The van der Waals surface area contributed by atoms with Crippen LogP contribution in [0.2, 0.25) is 0 Å². The van der Waals surface area contributed by atoms with E-state index in [0.717, 1.165) is 24.1 Å². The molecule has 0 aromatic heterocycles. The molecule has 3 nitrogen and oxygen atoms in total. The van der Waals surface area contributed by atoms with Crippen LogP contribution in [0.15, 0.2) is 22.7 Å². The number of piperazine rings is 1. The molecule has 1 saturated heterocycles. The molecule has 0 saturated carbocycles. The van der Waals surface area contributed by atoms with E-state index in [1.54, 1.807) is 0 Å². The number of nitrogens with zero attached hydrogens (tertiary/aromatic N) is 3. The molecule has 0 amide bonds. The fraction of sp³-hybridized carbons (Fsp3) is 0.462. The summed E-state index contributed by atoms with van der Waals surface area (Å²) in [5, 5.41) is 8.86. The van der Waals surface area contributed by atoms with E-state index in [9.17, 15) is 0 Å². The molecule has 1 aliphatic heterocycles. The normalized spacial score (nSPS) is 21.3. The summed E-state index contributed by atoms with van der Waals surface area (Å²) in [6.45, 7) is 5.42. The Hall–Kier alpha value is -1.05.